The van der Waals surface area contributed by atoms with Crippen LogP contribution in [0.25, 0.3) is 0 Å². The van der Waals surface area contributed by atoms with Crippen molar-refractivity contribution in [3.63, 3.8) is 0 Å². The van der Waals surface area contributed by atoms with E-state index in [2.05, 4.69) is 22.4 Å². The maximum Gasteiger partial charge on any atom is 0.228 e. The highest BCUT2D eigenvalue weighted by molar-refractivity contribution is 7.99. The van der Waals surface area contributed by atoms with E-state index in [1.165, 1.54) is 32.1 Å². The van der Waals surface area contributed by atoms with Crippen molar-refractivity contribution in [2.45, 2.75) is 68.9 Å². The fourth-order valence-corrected chi connectivity index (χ4v) is 3.69. The Hall–Kier alpha value is -0.550. The number of likely N-dealkylation sites (N-methyl/N-ethyl adjacent to an activating group) is 1. The molecule has 19 heavy (non-hydrogen) atoms. The van der Waals surface area contributed by atoms with E-state index in [0.29, 0.717) is 6.04 Å². The van der Waals surface area contributed by atoms with Crippen LogP contribution in [0.1, 0.15) is 57.2 Å². The highest BCUT2D eigenvalue weighted by Crippen LogP contribution is 2.29. The standard InChI is InChI=1S/C14H25N3OS/c1-3-11(15-2)9-14-16-13(17-18-14)10-19-12-7-5-4-6-8-12/h11-12,15H,3-10H2,1-2H3. The Morgan fingerprint density at radius 1 is 1.37 bits per heavy atom. The van der Waals surface area contributed by atoms with Gasteiger partial charge in [0.2, 0.25) is 5.89 Å². The number of hydrogen-bond donors (Lipinski definition) is 1. The van der Waals surface area contributed by atoms with E-state index < -0.39 is 0 Å². The minimum Gasteiger partial charge on any atom is -0.339 e. The molecule has 108 valence electrons. The second-order valence-electron chi connectivity index (χ2n) is 5.27. The first kappa shape index (κ1) is 14.9. The molecule has 1 aliphatic rings. The number of thioether (sulfide) groups is 1. The summed E-state index contributed by atoms with van der Waals surface area (Å²) >= 11 is 1.99. The summed E-state index contributed by atoms with van der Waals surface area (Å²) in [5.74, 6) is 2.52. The monoisotopic (exact) mass is 283 g/mol. The maximum absolute atomic E-state index is 5.32. The highest BCUT2D eigenvalue weighted by atomic mass is 32.2. The zero-order valence-electron chi connectivity index (χ0n) is 12.0. The van der Waals surface area contributed by atoms with Crippen LogP contribution in [-0.4, -0.2) is 28.5 Å². The SMILES string of the molecule is CCC(Cc1nc(CSC2CCCCC2)no1)NC. The van der Waals surface area contributed by atoms with E-state index in [0.717, 1.165) is 35.6 Å². The Bertz CT molecular complexity index is 359. The van der Waals surface area contributed by atoms with E-state index in [1.54, 1.807) is 0 Å². The summed E-state index contributed by atoms with van der Waals surface area (Å²) in [7, 11) is 1.98. The third kappa shape index (κ3) is 4.80. The second-order valence-corrected chi connectivity index (χ2v) is 6.56. The summed E-state index contributed by atoms with van der Waals surface area (Å²) in [6.45, 7) is 2.16. The van der Waals surface area contributed by atoms with Gasteiger partial charge >= 0.3 is 0 Å². The zero-order chi connectivity index (χ0) is 13.5. The van der Waals surface area contributed by atoms with Gasteiger partial charge in [-0.25, -0.2) is 0 Å². The topological polar surface area (TPSA) is 51.0 Å². The quantitative estimate of drug-likeness (QED) is 0.833. The zero-order valence-corrected chi connectivity index (χ0v) is 12.8. The molecule has 0 aromatic carbocycles. The van der Waals surface area contributed by atoms with E-state index in [1.807, 2.05) is 18.8 Å². The van der Waals surface area contributed by atoms with Crippen molar-refractivity contribution in [1.29, 1.82) is 0 Å². The van der Waals surface area contributed by atoms with Crippen LogP contribution in [0.4, 0.5) is 0 Å². The first-order chi connectivity index (χ1) is 9.31. The summed E-state index contributed by atoms with van der Waals surface area (Å²) in [4.78, 5) is 4.49. The lowest BCUT2D eigenvalue weighted by atomic mass is 10.0. The van der Waals surface area contributed by atoms with Crippen molar-refractivity contribution in [3.8, 4) is 0 Å². The van der Waals surface area contributed by atoms with Gasteiger partial charge in [0.1, 0.15) is 0 Å². The van der Waals surface area contributed by atoms with Crippen LogP contribution in [0.15, 0.2) is 4.52 Å². The minimum absolute atomic E-state index is 0.430. The van der Waals surface area contributed by atoms with E-state index in [-0.39, 0.29) is 0 Å². The molecule has 1 N–H and O–H groups in total. The van der Waals surface area contributed by atoms with Gasteiger partial charge in [-0.15, -0.1) is 0 Å². The summed E-state index contributed by atoms with van der Waals surface area (Å²) in [6.07, 6.45) is 8.79. The van der Waals surface area contributed by atoms with Gasteiger partial charge in [-0.1, -0.05) is 31.3 Å². The van der Waals surface area contributed by atoms with Crippen molar-refractivity contribution in [1.82, 2.24) is 15.5 Å². The predicted octanol–water partition coefficient (Wildman–Crippen LogP) is 3.18. The first-order valence-electron chi connectivity index (χ1n) is 7.42. The largest absolute Gasteiger partial charge is 0.339 e. The highest BCUT2D eigenvalue weighted by Gasteiger charge is 2.16. The fraction of sp³-hybridized carbons (Fsp3) is 0.857. The number of aromatic nitrogens is 2. The number of rotatable bonds is 7. The van der Waals surface area contributed by atoms with E-state index in [4.69, 9.17) is 4.52 Å². The minimum atomic E-state index is 0.430. The van der Waals surface area contributed by atoms with Crippen LogP contribution in [0.5, 0.6) is 0 Å². The van der Waals surface area contributed by atoms with Crippen molar-refractivity contribution in [2.24, 2.45) is 0 Å². The summed E-state index contributed by atoms with van der Waals surface area (Å²) in [5.41, 5.74) is 0. The van der Waals surface area contributed by atoms with E-state index in [9.17, 15) is 0 Å². The first-order valence-corrected chi connectivity index (χ1v) is 8.47. The third-order valence-electron chi connectivity index (χ3n) is 3.83. The van der Waals surface area contributed by atoms with Gasteiger partial charge in [-0.05, 0) is 26.3 Å². The molecule has 1 saturated carbocycles. The van der Waals surface area contributed by atoms with Crippen LogP contribution in [-0.2, 0) is 12.2 Å². The molecule has 0 radical (unpaired) electrons. The Balaban J connectivity index is 1.76. The molecule has 1 aromatic rings. The lowest BCUT2D eigenvalue weighted by Crippen LogP contribution is -2.26. The molecule has 0 amide bonds. The molecule has 1 aromatic heterocycles. The molecular weight excluding hydrogens is 258 g/mol. The Morgan fingerprint density at radius 3 is 2.84 bits per heavy atom. The van der Waals surface area contributed by atoms with Gasteiger partial charge in [0, 0.05) is 17.7 Å². The molecule has 5 heteroatoms. The number of nitrogens with one attached hydrogen (secondary N) is 1. The molecule has 0 saturated heterocycles. The van der Waals surface area contributed by atoms with Crippen LogP contribution in [0.3, 0.4) is 0 Å². The van der Waals surface area contributed by atoms with Crippen LogP contribution >= 0.6 is 11.8 Å². The lowest BCUT2D eigenvalue weighted by Gasteiger charge is -2.19. The van der Waals surface area contributed by atoms with Crippen LogP contribution in [0.2, 0.25) is 0 Å². The Labute approximate surface area is 120 Å². The summed E-state index contributed by atoms with van der Waals surface area (Å²) < 4.78 is 5.32. The molecule has 1 heterocycles. The molecule has 0 bridgehead atoms. The van der Waals surface area contributed by atoms with Crippen molar-refractivity contribution >= 4 is 11.8 Å². The Kier molecular flexibility index (Phi) is 6.17. The van der Waals surface area contributed by atoms with Crippen molar-refractivity contribution in [3.05, 3.63) is 11.7 Å². The van der Waals surface area contributed by atoms with Crippen molar-refractivity contribution in [2.75, 3.05) is 7.05 Å². The maximum atomic E-state index is 5.32. The molecule has 1 aliphatic carbocycles. The molecule has 0 spiro atoms. The van der Waals surface area contributed by atoms with Gasteiger partial charge in [0.15, 0.2) is 5.82 Å². The van der Waals surface area contributed by atoms with Gasteiger partial charge in [0.25, 0.3) is 0 Å². The van der Waals surface area contributed by atoms with E-state index >= 15 is 0 Å². The average Bonchev–Trinajstić information content (AvgIpc) is 2.91. The molecule has 0 aliphatic heterocycles. The number of hydrogen-bond acceptors (Lipinski definition) is 5. The fourth-order valence-electron chi connectivity index (χ4n) is 2.52. The average molecular weight is 283 g/mol. The smallest absolute Gasteiger partial charge is 0.228 e. The molecule has 1 fully saturated rings. The molecule has 2 rings (SSSR count). The van der Waals surface area contributed by atoms with Crippen LogP contribution < -0.4 is 5.32 Å². The second kappa shape index (κ2) is 7.90. The summed E-state index contributed by atoms with van der Waals surface area (Å²) in [6, 6.07) is 0.430. The lowest BCUT2D eigenvalue weighted by molar-refractivity contribution is 0.356. The molecular formula is C14H25N3OS. The molecule has 1 unspecified atom stereocenters. The Morgan fingerprint density at radius 2 is 2.16 bits per heavy atom. The van der Waals surface area contributed by atoms with Gasteiger partial charge in [-0.2, -0.15) is 16.7 Å². The van der Waals surface area contributed by atoms with Gasteiger partial charge < -0.3 is 9.84 Å². The molecule has 4 nitrogen and oxygen atoms in total. The van der Waals surface area contributed by atoms with Crippen molar-refractivity contribution < 1.29 is 4.52 Å². The summed E-state index contributed by atoms with van der Waals surface area (Å²) in [5, 5.41) is 8.15. The molecule has 1 atom stereocenters. The predicted molar refractivity (Wildman–Crippen MR) is 79.3 cm³/mol. The normalized spacial score (nSPS) is 18.6. The van der Waals surface area contributed by atoms with Crippen LogP contribution in [0, 0.1) is 0 Å². The number of nitrogens with zero attached hydrogens (tertiary/aromatic N) is 2. The third-order valence-corrected chi connectivity index (χ3v) is 5.20. The van der Waals surface area contributed by atoms with Gasteiger partial charge in [0.05, 0.1) is 5.75 Å². The van der Waals surface area contributed by atoms with Gasteiger partial charge in [-0.3, -0.25) is 0 Å².